The molecule has 0 radical (unpaired) electrons. The van der Waals surface area contributed by atoms with Crippen LogP contribution in [-0.2, 0) is 14.3 Å². The standard InChI is InChI=1S/C35H37NO4/c1-4-22(18-23-15-16-30(37)26-13-9-8-12-25(23)26)14-17-31-32-27(21(2)3)19-28-33(29(32)20-40-31)35(39)36(34(28)38)24-10-6-5-7-11-24/h5-13,15-16,18,21,28-29,31,33,37H,4,14,17,19-20H2,1-3H3/b22-18+/t28-,29+,31-,33-/m1/s1. The van der Waals surface area contributed by atoms with E-state index in [2.05, 4.69) is 32.9 Å². The quantitative estimate of drug-likeness (QED) is 0.255. The molecule has 0 bridgehead atoms. The molecular weight excluding hydrogens is 498 g/mol. The molecule has 1 aliphatic carbocycles. The highest BCUT2D eigenvalue weighted by Crippen LogP contribution is 2.52. The number of anilines is 1. The summed E-state index contributed by atoms with van der Waals surface area (Å²) in [7, 11) is 0. The van der Waals surface area contributed by atoms with Gasteiger partial charge in [-0.15, -0.1) is 0 Å². The summed E-state index contributed by atoms with van der Waals surface area (Å²) in [6.45, 7) is 7.06. The minimum atomic E-state index is -0.347. The van der Waals surface area contributed by atoms with E-state index < -0.39 is 0 Å². The molecule has 3 aliphatic rings. The maximum atomic E-state index is 13.7. The summed E-state index contributed by atoms with van der Waals surface area (Å²) in [5, 5.41) is 12.2. The molecule has 40 heavy (non-hydrogen) atoms. The molecule has 2 fully saturated rings. The molecule has 4 atom stereocenters. The van der Waals surface area contributed by atoms with Crippen molar-refractivity contribution in [2.24, 2.45) is 23.7 Å². The van der Waals surface area contributed by atoms with Crippen LogP contribution in [0.25, 0.3) is 16.8 Å². The Labute approximate surface area is 236 Å². The van der Waals surface area contributed by atoms with Crippen LogP contribution in [-0.4, -0.2) is 29.6 Å². The van der Waals surface area contributed by atoms with Crippen LogP contribution in [0.2, 0.25) is 0 Å². The first-order valence-corrected chi connectivity index (χ1v) is 14.6. The van der Waals surface area contributed by atoms with Gasteiger partial charge in [-0.25, -0.2) is 0 Å². The first-order chi connectivity index (χ1) is 19.4. The van der Waals surface area contributed by atoms with Crippen molar-refractivity contribution in [3.8, 4) is 5.75 Å². The molecule has 0 aromatic heterocycles. The summed E-state index contributed by atoms with van der Waals surface area (Å²) in [6, 6.07) is 21.0. The Morgan fingerprint density at radius 2 is 1.70 bits per heavy atom. The lowest BCUT2D eigenvalue weighted by molar-refractivity contribution is -0.122. The number of aromatic hydroxyl groups is 1. The number of para-hydroxylation sites is 1. The zero-order valence-electron chi connectivity index (χ0n) is 23.5. The lowest BCUT2D eigenvalue weighted by Gasteiger charge is -2.33. The average Bonchev–Trinajstić information content (AvgIpc) is 3.50. The predicted octanol–water partition coefficient (Wildman–Crippen LogP) is 7.30. The highest BCUT2D eigenvalue weighted by atomic mass is 16.5. The van der Waals surface area contributed by atoms with Crippen molar-refractivity contribution in [3.05, 3.63) is 89.0 Å². The van der Waals surface area contributed by atoms with Crippen molar-refractivity contribution >= 4 is 34.4 Å². The zero-order valence-corrected chi connectivity index (χ0v) is 23.5. The Balaban J connectivity index is 1.26. The lowest BCUT2D eigenvalue weighted by atomic mass is 9.67. The largest absolute Gasteiger partial charge is 0.507 e. The van der Waals surface area contributed by atoms with Gasteiger partial charge in [0.05, 0.1) is 30.2 Å². The van der Waals surface area contributed by atoms with Crippen LogP contribution in [0.5, 0.6) is 5.75 Å². The molecule has 2 aliphatic heterocycles. The Kier molecular flexibility index (Phi) is 7.09. The van der Waals surface area contributed by atoms with E-state index in [4.69, 9.17) is 4.74 Å². The van der Waals surface area contributed by atoms with Crippen molar-refractivity contribution in [1.29, 1.82) is 0 Å². The summed E-state index contributed by atoms with van der Waals surface area (Å²) in [6.07, 6.45) is 5.50. The fraction of sp³-hybridized carbons (Fsp3) is 0.371. The number of hydrogen-bond acceptors (Lipinski definition) is 4. The molecule has 2 amide bonds. The molecule has 6 rings (SSSR count). The number of rotatable bonds is 7. The number of phenols is 1. The normalized spacial score (nSPS) is 24.8. The maximum Gasteiger partial charge on any atom is 0.238 e. The van der Waals surface area contributed by atoms with E-state index in [0.29, 0.717) is 30.4 Å². The number of benzene rings is 3. The third-order valence-corrected chi connectivity index (χ3v) is 9.13. The van der Waals surface area contributed by atoms with Crippen LogP contribution in [0.3, 0.4) is 0 Å². The van der Waals surface area contributed by atoms with E-state index in [1.54, 1.807) is 6.07 Å². The Morgan fingerprint density at radius 1 is 0.975 bits per heavy atom. The van der Waals surface area contributed by atoms with Gasteiger partial charge in [-0.05, 0) is 66.3 Å². The van der Waals surface area contributed by atoms with Crippen LogP contribution < -0.4 is 4.90 Å². The van der Waals surface area contributed by atoms with Gasteiger partial charge >= 0.3 is 0 Å². The molecular formula is C35H37NO4. The Hall–Kier alpha value is -3.70. The minimum absolute atomic E-state index is 0.0384. The molecule has 0 saturated carbocycles. The number of ether oxygens (including phenoxy) is 1. The van der Waals surface area contributed by atoms with Gasteiger partial charge in [-0.1, -0.05) is 86.5 Å². The molecule has 3 aromatic rings. The SMILES string of the molecule is CC/C(=C\c1ccc(O)c2ccccc12)CC[C@H]1OC[C@H]2C1=C(C(C)C)C[C@H]1C(=O)N(c3ccccc3)C(=O)[C@H]12. The number of hydrogen-bond donors (Lipinski definition) is 1. The molecule has 0 spiro atoms. The van der Waals surface area contributed by atoms with Crippen molar-refractivity contribution in [2.75, 3.05) is 11.5 Å². The molecule has 2 heterocycles. The zero-order chi connectivity index (χ0) is 28.0. The predicted molar refractivity (Wildman–Crippen MR) is 159 cm³/mol. The van der Waals surface area contributed by atoms with Crippen LogP contribution >= 0.6 is 0 Å². The number of carbonyl (C=O) groups excluding carboxylic acids is 2. The van der Waals surface area contributed by atoms with Crippen LogP contribution in [0.1, 0.15) is 52.0 Å². The second-order valence-corrected chi connectivity index (χ2v) is 11.7. The lowest BCUT2D eigenvalue weighted by Crippen LogP contribution is -2.35. The van der Waals surface area contributed by atoms with Gasteiger partial charge in [0.2, 0.25) is 11.8 Å². The number of allylic oxidation sites excluding steroid dienone is 2. The smallest absolute Gasteiger partial charge is 0.238 e. The van der Waals surface area contributed by atoms with Crippen molar-refractivity contribution in [2.45, 2.75) is 52.6 Å². The number of phenolic OH excluding ortho intramolecular Hbond substituents is 1. The van der Waals surface area contributed by atoms with Crippen molar-refractivity contribution in [1.82, 2.24) is 0 Å². The topological polar surface area (TPSA) is 66.8 Å². The number of imide groups is 1. The molecule has 2 saturated heterocycles. The van der Waals surface area contributed by atoms with Gasteiger partial charge in [0, 0.05) is 11.3 Å². The number of fused-ring (bicyclic) bond motifs is 4. The highest BCUT2D eigenvalue weighted by molar-refractivity contribution is 6.22. The summed E-state index contributed by atoms with van der Waals surface area (Å²) in [5.74, 6) is -0.258. The summed E-state index contributed by atoms with van der Waals surface area (Å²) in [5.41, 5.74) is 5.67. The molecule has 5 nitrogen and oxygen atoms in total. The third kappa shape index (κ3) is 4.46. The minimum Gasteiger partial charge on any atom is -0.507 e. The van der Waals surface area contributed by atoms with Gasteiger partial charge < -0.3 is 9.84 Å². The maximum absolute atomic E-state index is 13.7. The van der Waals surface area contributed by atoms with Crippen molar-refractivity contribution < 1.29 is 19.4 Å². The first kappa shape index (κ1) is 26.5. The Bertz CT molecular complexity index is 1520. The van der Waals surface area contributed by atoms with Gasteiger partial charge in [-0.3, -0.25) is 14.5 Å². The molecule has 206 valence electrons. The van der Waals surface area contributed by atoms with Gasteiger partial charge in [-0.2, -0.15) is 0 Å². The number of amides is 2. The van der Waals surface area contributed by atoms with E-state index in [1.165, 1.54) is 21.6 Å². The third-order valence-electron chi connectivity index (χ3n) is 9.13. The Morgan fingerprint density at radius 3 is 2.42 bits per heavy atom. The molecule has 1 N–H and O–H groups in total. The number of nitrogens with zero attached hydrogens (tertiary/aromatic N) is 1. The fourth-order valence-electron chi connectivity index (χ4n) is 7.11. The van der Waals surface area contributed by atoms with Crippen LogP contribution in [0.4, 0.5) is 5.69 Å². The second-order valence-electron chi connectivity index (χ2n) is 11.7. The van der Waals surface area contributed by atoms with E-state index in [0.717, 1.165) is 35.6 Å². The average molecular weight is 536 g/mol. The van der Waals surface area contributed by atoms with E-state index in [9.17, 15) is 14.7 Å². The monoisotopic (exact) mass is 535 g/mol. The van der Waals surface area contributed by atoms with Crippen LogP contribution in [0.15, 0.2) is 83.4 Å². The fourth-order valence-corrected chi connectivity index (χ4v) is 7.11. The first-order valence-electron chi connectivity index (χ1n) is 14.6. The molecule has 0 unspecified atom stereocenters. The van der Waals surface area contributed by atoms with Gasteiger partial charge in [0.15, 0.2) is 0 Å². The summed E-state index contributed by atoms with van der Waals surface area (Å²) in [4.78, 5) is 28.7. The van der Waals surface area contributed by atoms with E-state index in [-0.39, 0.29) is 35.7 Å². The van der Waals surface area contributed by atoms with Crippen molar-refractivity contribution in [3.63, 3.8) is 0 Å². The second kappa shape index (κ2) is 10.7. The molecule has 3 aromatic carbocycles. The van der Waals surface area contributed by atoms with Gasteiger partial charge in [0.25, 0.3) is 0 Å². The van der Waals surface area contributed by atoms with E-state index in [1.807, 2.05) is 54.6 Å². The van der Waals surface area contributed by atoms with Gasteiger partial charge in [0.1, 0.15) is 5.75 Å². The summed E-state index contributed by atoms with van der Waals surface area (Å²) >= 11 is 0. The summed E-state index contributed by atoms with van der Waals surface area (Å²) < 4.78 is 6.44. The molecule has 5 heteroatoms. The highest BCUT2D eigenvalue weighted by Gasteiger charge is 2.57. The van der Waals surface area contributed by atoms with E-state index >= 15 is 0 Å². The number of carbonyl (C=O) groups is 2. The van der Waals surface area contributed by atoms with Crippen LogP contribution in [0, 0.1) is 23.7 Å².